The zero-order valence-electron chi connectivity index (χ0n) is 11.5. The highest BCUT2D eigenvalue weighted by atomic mass is 79.9. The van der Waals surface area contributed by atoms with E-state index in [0.29, 0.717) is 0 Å². The van der Waals surface area contributed by atoms with Gasteiger partial charge in [0.2, 0.25) is 0 Å². The van der Waals surface area contributed by atoms with E-state index in [4.69, 9.17) is 4.74 Å². The van der Waals surface area contributed by atoms with Crippen molar-refractivity contribution in [1.29, 1.82) is 0 Å². The lowest BCUT2D eigenvalue weighted by Crippen LogP contribution is -2.16. The Morgan fingerprint density at radius 3 is 2.72 bits per heavy atom. The second-order valence-corrected chi connectivity index (χ2v) is 5.43. The largest absolute Gasteiger partial charge is 0.381 e. The number of hydrogen-bond acceptors (Lipinski definition) is 2. The van der Waals surface area contributed by atoms with E-state index >= 15 is 0 Å². The predicted octanol–water partition coefficient (Wildman–Crippen LogP) is 4.05. The Labute approximate surface area is 119 Å². The van der Waals surface area contributed by atoms with Gasteiger partial charge in [0, 0.05) is 24.2 Å². The van der Waals surface area contributed by atoms with Crippen LogP contribution in [0.3, 0.4) is 0 Å². The Morgan fingerprint density at radius 2 is 2.00 bits per heavy atom. The molecule has 2 nitrogen and oxygen atoms in total. The molecule has 0 atom stereocenters. The molecule has 1 aromatic carbocycles. The highest BCUT2D eigenvalue weighted by molar-refractivity contribution is 9.10. The summed E-state index contributed by atoms with van der Waals surface area (Å²) < 4.78 is 6.70. The van der Waals surface area contributed by atoms with Crippen LogP contribution in [-0.2, 0) is 11.3 Å². The van der Waals surface area contributed by atoms with Crippen LogP contribution in [0.25, 0.3) is 0 Å². The van der Waals surface area contributed by atoms with Gasteiger partial charge >= 0.3 is 0 Å². The maximum absolute atomic E-state index is 5.51. The minimum absolute atomic E-state index is 0.866. The van der Waals surface area contributed by atoms with E-state index in [1.54, 1.807) is 0 Å². The van der Waals surface area contributed by atoms with Crippen molar-refractivity contribution in [1.82, 2.24) is 5.32 Å². The van der Waals surface area contributed by atoms with Crippen LogP contribution in [0, 0.1) is 6.92 Å². The van der Waals surface area contributed by atoms with E-state index in [1.165, 1.54) is 28.4 Å². The number of hydrogen-bond donors (Lipinski definition) is 1. The molecule has 0 aliphatic heterocycles. The summed E-state index contributed by atoms with van der Waals surface area (Å²) in [6, 6.07) is 6.50. The zero-order chi connectivity index (χ0) is 13.2. The highest BCUT2D eigenvalue weighted by Crippen LogP contribution is 2.17. The van der Waals surface area contributed by atoms with Crippen molar-refractivity contribution in [2.45, 2.75) is 39.7 Å². The van der Waals surface area contributed by atoms with Crippen LogP contribution in [0.1, 0.15) is 37.3 Å². The maximum Gasteiger partial charge on any atom is 0.0478 e. The number of benzene rings is 1. The lowest BCUT2D eigenvalue weighted by molar-refractivity contribution is 0.129. The quantitative estimate of drug-likeness (QED) is 0.694. The fraction of sp³-hybridized carbons (Fsp3) is 0.600. The van der Waals surface area contributed by atoms with E-state index in [9.17, 15) is 0 Å². The van der Waals surface area contributed by atoms with Crippen LogP contribution < -0.4 is 5.32 Å². The van der Waals surface area contributed by atoms with Crippen LogP contribution in [0.4, 0.5) is 0 Å². The molecule has 0 fully saturated rings. The molecule has 1 N–H and O–H groups in total. The smallest absolute Gasteiger partial charge is 0.0478 e. The molecule has 102 valence electrons. The Kier molecular flexibility index (Phi) is 8.31. The van der Waals surface area contributed by atoms with Gasteiger partial charge in [0.05, 0.1) is 0 Å². The molecule has 0 radical (unpaired) electrons. The zero-order valence-corrected chi connectivity index (χ0v) is 13.1. The lowest BCUT2D eigenvalue weighted by atomic mass is 10.1. The van der Waals surface area contributed by atoms with Gasteiger partial charge in [-0.2, -0.15) is 0 Å². The lowest BCUT2D eigenvalue weighted by Gasteiger charge is -2.07. The molecule has 0 aliphatic rings. The molecule has 3 heteroatoms. The first-order chi connectivity index (χ1) is 8.74. The average molecular weight is 314 g/mol. The van der Waals surface area contributed by atoms with E-state index in [2.05, 4.69) is 53.3 Å². The van der Waals surface area contributed by atoms with Crippen LogP contribution in [0.2, 0.25) is 0 Å². The third-order valence-corrected chi connectivity index (χ3v) is 3.70. The van der Waals surface area contributed by atoms with Gasteiger partial charge in [-0.05, 0) is 43.5 Å². The van der Waals surface area contributed by atoms with Gasteiger partial charge in [0.1, 0.15) is 0 Å². The Balaban J connectivity index is 2.05. The van der Waals surface area contributed by atoms with Crippen LogP contribution >= 0.6 is 15.9 Å². The normalized spacial score (nSPS) is 10.8. The summed E-state index contributed by atoms with van der Waals surface area (Å²) in [6.07, 6.45) is 3.46. The Bertz CT molecular complexity index is 341. The van der Waals surface area contributed by atoms with E-state index < -0.39 is 0 Å². The van der Waals surface area contributed by atoms with Crippen molar-refractivity contribution >= 4 is 15.9 Å². The maximum atomic E-state index is 5.51. The average Bonchev–Trinajstić information content (AvgIpc) is 2.37. The van der Waals surface area contributed by atoms with Gasteiger partial charge in [-0.15, -0.1) is 0 Å². The highest BCUT2D eigenvalue weighted by Gasteiger charge is 1.97. The minimum Gasteiger partial charge on any atom is -0.381 e. The molecule has 0 amide bonds. The molecule has 0 heterocycles. The van der Waals surface area contributed by atoms with E-state index in [1.807, 2.05) is 0 Å². The monoisotopic (exact) mass is 313 g/mol. The van der Waals surface area contributed by atoms with Gasteiger partial charge < -0.3 is 10.1 Å². The topological polar surface area (TPSA) is 21.3 Å². The number of unbranched alkanes of at least 4 members (excludes halogenated alkanes) is 1. The van der Waals surface area contributed by atoms with Crippen molar-refractivity contribution in [2.24, 2.45) is 0 Å². The summed E-state index contributed by atoms with van der Waals surface area (Å²) in [7, 11) is 0. The standard InChI is InChI=1S/C15H24BrNO/c1-3-4-9-18-10-5-8-17-12-14-7-6-13(2)15(16)11-14/h6-7,11,17H,3-5,8-10,12H2,1-2H3. The fourth-order valence-corrected chi connectivity index (χ4v) is 2.05. The van der Waals surface area contributed by atoms with Crippen molar-refractivity contribution < 1.29 is 4.74 Å². The molecule has 0 aromatic heterocycles. The number of halogens is 1. The van der Waals surface area contributed by atoms with E-state index in [-0.39, 0.29) is 0 Å². The first-order valence-electron chi connectivity index (χ1n) is 6.77. The van der Waals surface area contributed by atoms with Gasteiger partial charge in [0.25, 0.3) is 0 Å². The molecular weight excluding hydrogens is 290 g/mol. The molecule has 0 saturated carbocycles. The summed E-state index contributed by atoms with van der Waals surface area (Å²) >= 11 is 3.56. The molecule has 0 spiro atoms. The molecule has 0 saturated heterocycles. The predicted molar refractivity (Wildman–Crippen MR) is 80.9 cm³/mol. The van der Waals surface area contributed by atoms with Crippen molar-refractivity contribution in [3.63, 3.8) is 0 Å². The van der Waals surface area contributed by atoms with Gasteiger partial charge in [-0.25, -0.2) is 0 Å². The van der Waals surface area contributed by atoms with E-state index in [0.717, 1.165) is 32.7 Å². The SMILES string of the molecule is CCCCOCCCNCc1ccc(C)c(Br)c1. The van der Waals surface area contributed by atoms with Gasteiger partial charge in [0.15, 0.2) is 0 Å². The third-order valence-electron chi connectivity index (χ3n) is 2.85. The molecule has 1 aromatic rings. The second-order valence-electron chi connectivity index (χ2n) is 4.58. The summed E-state index contributed by atoms with van der Waals surface area (Å²) in [5.74, 6) is 0. The van der Waals surface area contributed by atoms with Crippen LogP contribution in [0.5, 0.6) is 0 Å². The summed E-state index contributed by atoms with van der Waals surface area (Å²) in [5, 5.41) is 3.44. The summed E-state index contributed by atoms with van der Waals surface area (Å²) in [4.78, 5) is 0. The van der Waals surface area contributed by atoms with Crippen molar-refractivity contribution in [3.8, 4) is 0 Å². The Hall–Kier alpha value is -0.380. The van der Waals surface area contributed by atoms with Crippen molar-refractivity contribution in [3.05, 3.63) is 33.8 Å². The summed E-state index contributed by atoms with van der Waals surface area (Å²) in [5.41, 5.74) is 2.60. The van der Waals surface area contributed by atoms with Crippen LogP contribution in [0.15, 0.2) is 22.7 Å². The first-order valence-corrected chi connectivity index (χ1v) is 7.57. The molecule has 18 heavy (non-hydrogen) atoms. The molecule has 1 rings (SSSR count). The number of aryl methyl sites for hydroxylation is 1. The van der Waals surface area contributed by atoms with Gasteiger partial charge in [-0.3, -0.25) is 0 Å². The number of ether oxygens (including phenoxy) is 1. The molecule has 0 unspecified atom stereocenters. The summed E-state index contributed by atoms with van der Waals surface area (Å²) in [6.45, 7) is 8.00. The molecule has 0 aliphatic carbocycles. The number of nitrogens with one attached hydrogen (secondary N) is 1. The number of rotatable bonds is 9. The van der Waals surface area contributed by atoms with Crippen molar-refractivity contribution in [2.75, 3.05) is 19.8 Å². The Morgan fingerprint density at radius 1 is 1.22 bits per heavy atom. The van der Waals surface area contributed by atoms with Crippen LogP contribution in [-0.4, -0.2) is 19.8 Å². The fourth-order valence-electron chi connectivity index (χ4n) is 1.63. The van der Waals surface area contributed by atoms with Gasteiger partial charge in [-0.1, -0.05) is 41.4 Å². The third kappa shape index (κ3) is 6.53. The molecular formula is C15H24BrNO. The second kappa shape index (κ2) is 9.54. The minimum atomic E-state index is 0.866. The molecule has 0 bridgehead atoms. The first kappa shape index (κ1) is 15.7.